The minimum atomic E-state index is -0.509. The lowest BCUT2D eigenvalue weighted by Gasteiger charge is -2.20. The van der Waals surface area contributed by atoms with Gasteiger partial charge in [-0.1, -0.05) is 44.2 Å². The fourth-order valence-electron chi connectivity index (χ4n) is 1.13. The number of carbonyl (C=O) groups excluding carboxylic acids is 1. The molecule has 0 aliphatic heterocycles. The number of hydrogen-bond donors (Lipinski definition) is 0. The molecule has 21 heavy (non-hydrogen) atoms. The minimum Gasteiger partial charge on any atom is -0.297 e. The Morgan fingerprint density at radius 3 is 1.71 bits per heavy atom. The summed E-state index contributed by atoms with van der Waals surface area (Å²) in [6.45, 7) is 15.2. The standard InChI is InChI=1S/C9H18O3.C9H12/c1-8(2,3)7(10)11-12-9(4,5)6;1-8(2)9-6-4-3-5-7-9/h1-6H3;3-8H,1-2H3. The van der Waals surface area contributed by atoms with Crippen LogP contribution in [0.25, 0.3) is 0 Å². The van der Waals surface area contributed by atoms with Gasteiger partial charge >= 0.3 is 5.97 Å². The Morgan fingerprint density at radius 1 is 0.952 bits per heavy atom. The molecule has 0 spiro atoms. The van der Waals surface area contributed by atoms with E-state index in [2.05, 4.69) is 43.0 Å². The zero-order valence-corrected chi connectivity index (χ0v) is 14.7. The van der Waals surface area contributed by atoms with E-state index in [0.717, 1.165) is 0 Å². The fraction of sp³-hybridized carbons (Fsp3) is 0.611. The van der Waals surface area contributed by atoms with Crippen LogP contribution in [0.1, 0.15) is 66.9 Å². The van der Waals surface area contributed by atoms with Gasteiger partial charge in [-0.05, 0) is 53.0 Å². The molecular weight excluding hydrogens is 264 g/mol. The first kappa shape index (κ1) is 19.7. The van der Waals surface area contributed by atoms with E-state index in [-0.39, 0.29) is 5.97 Å². The number of hydrogen-bond acceptors (Lipinski definition) is 3. The van der Waals surface area contributed by atoms with Gasteiger partial charge in [-0.25, -0.2) is 4.79 Å². The van der Waals surface area contributed by atoms with Crippen molar-refractivity contribution < 1.29 is 14.6 Å². The molecule has 0 saturated heterocycles. The second-order valence-corrected chi connectivity index (χ2v) is 7.38. The van der Waals surface area contributed by atoms with Crippen LogP contribution in [0.4, 0.5) is 0 Å². The maximum Gasteiger partial charge on any atom is 0.347 e. The Kier molecular flexibility index (Phi) is 7.65. The first-order valence-electron chi connectivity index (χ1n) is 7.38. The molecule has 0 amide bonds. The van der Waals surface area contributed by atoms with Crippen molar-refractivity contribution in [1.82, 2.24) is 0 Å². The van der Waals surface area contributed by atoms with E-state index in [0.29, 0.717) is 5.92 Å². The highest BCUT2D eigenvalue weighted by Crippen LogP contribution is 2.17. The monoisotopic (exact) mass is 294 g/mol. The van der Waals surface area contributed by atoms with Gasteiger partial charge in [0, 0.05) is 0 Å². The van der Waals surface area contributed by atoms with Crippen molar-refractivity contribution in [3.05, 3.63) is 35.9 Å². The van der Waals surface area contributed by atoms with Gasteiger partial charge < -0.3 is 0 Å². The molecule has 0 N–H and O–H groups in total. The van der Waals surface area contributed by atoms with Gasteiger partial charge in [0.1, 0.15) is 5.60 Å². The molecular formula is C18H30O3. The van der Waals surface area contributed by atoms with Crippen LogP contribution in [0.2, 0.25) is 0 Å². The van der Waals surface area contributed by atoms with Gasteiger partial charge in [-0.2, -0.15) is 4.89 Å². The van der Waals surface area contributed by atoms with Gasteiger partial charge in [0.05, 0.1) is 5.41 Å². The molecule has 3 heteroatoms. The SMILES string of the molecule is CC(C)(C)OOC(=O)C(C)(C)C.CC(C)c1ccccc1. The Hall–Kier alpha value is -1.35. The summed E-state index contributed by atoms with van der Waals surface area (Å²) in [5.41, 5.74) is 0.462. The van der Waals surface area contributed by atoms with Crippen LogP contribution in [-0.4, -0.2) is 11.6 Å². The van der Waals surface area contributed by atoms with Crippen molar-refractivity contribution in [3.8, 4) is 0 Å². The average molecular weight is 294 g/mol. The van der Waals surface area contributed by atoms with E-state index >= 15 is 0 Å². The Balaban J connectivity index is 0.000000394. The molecule has 1 aromatic carbocycles. The van der Waals surface area contributed by atoms with Crippen molar-refractivity contribution in [2.75, 3.05) is 0 Å². The third kappa shape index (κ3) is 10.1. The molecule has 120 valence electrons. The molecule has 0 saturated carbocycles. The van der Waals surface area contributed by atoms with Gasteiger partial charge in [0.25, 0.3) is 0 Å². The number of rotatable bonds is 2. The smallest absolute Gasteiger partial charge is 0.297 e. The molecule has 0 aliphatic carbocycles. The van der Waals surface area contributed by atoms with Crippen molar-refractivity contribution in [2.24, 2.45) is 5.41 Å². The molecule has 0 fully saturated rings. The lowest BCUT2D eigenvalue weighted by molar-refractivity contribution is -0.325. The summed E-state index contributed by atoms with van der Waals surface area (Å²) < 4.78 is 0. The summed E-state index contributed by atoms with van der Waals surface area (Å²) >= 11 is 0. The first-order valence-corrected chi connectivity index (χ1v) is 7.38. The topological polar surface area (TPSA) is 35.5 Å². The first-order chi connectivity index (χ1) is 9.43. The summed E-state index contributed by atoms with van der Waals surface area (Å²) in [7, 11) is 0. The third-order valence-corrected chi connectivity index (χ3v) is 2.45. The number of carbonyl (C=O) groups is 1. The zero-order chi connectivity index (χ0) is 16.7. The fourth-order valence-corrected chi connectivity index (χ4v) is 1.13. The van der Waals surface area contributed by atoms with Crippen LogP contribution in [0.15, 0.2) is 30.3 Å². The van der Waals surface area contributed by atoms with Gasteiger partial charge in [-0.3, -0.25) is 4.89 Å². The minimum absolute atomic E-state index is 0.350. The van der Waals surface area contributed by atoms with E-state index in [4.69, 9.17) is 4.89 Å². The van der Waals surface area contributed by atoms with Crippen LogP contribution in [0, 0.1) is 5.41 Å². The van der Waals surface area contributed by atoms with Gasteiger partial charge in [0.15, 0.2) is 0 Å². The van der Waals surface area contributed by atoms with Crippen molar-refractivity contribution in [2.45, 2.75) is 66.9 Å². The van der Waals surface area contributed by atoms with E-state index in [1.807, 2.05) is 26.8 Å². The Morgan fingerprint density at radius 2 is 1.43 bits per heavy atom. The quantitative estimate of drug-likeness (QED) is 0.561. The maximum atomic E-state index is 11.2. The Bertz CT molecular complexity index is 408. The van der Waals surface area contributed by atoms with Crippen LogP contribution in [0.5, 0.6) is 0 Å². The van der Waals surface area contributed by atoms with E-state index in [1.165, 1.54) is 5.56 Å². The van der Waals surface area contributed by atoms with E-state index in [9.17, 15) is 4.79 Å². The van der Waals surface area contributed by atoms with Crippen molar-refractivity contribution in [1.29, 1.82) is 0 Å². The lowest BCUT2D eigenvalue weighted by Crippen LogP contribution is -2.28. The molecule has 0 unspecified atom stereocenters. The molecule has 0 aromatic heterocycles. The van der Waals surface area contributed by atoms with Gasteiger partial charge in [-0.15, -0.1) is 0 Å². The highest BCUT2D eigenvalue weighted by atomic mass is 17.2. The second kappa shape index (κ2) is 8.18. The molecule has 0 bridgehead atoms. The van der Waals surface area contributed by atoms with Crippen LogP contribution in [-0.2, 0) is 14.6 Å². The van der Waals surface area contributed by atoms with Crippen molar-refractivity contribution in [3.63, 3.8) is 0 Å². The van der Waals surface area contributed by atoms with Crippen LogP contribution in [0.3, 0.4) is 0 Å². The van der Waals surface area contributed by atoms with Crippen LogP contribution >= 0.6 is 0 Å². The molecule has 0 heterocycles. The predicted molar refractivity (Wildman–Crippen MR) is 86.9 cm³/mol. The highest BCUT2D eigenvalue weighted by Gasteiger charge is 2.26. The summed E-state index contributed by atoms with van der Waals surface area (Å²) in [5, 5.41) is 0. The summed E-state index contributed by atoms with van der Waals surface area (Å²) in [5.74, 6) is 0.309. The number of benzene rings is 1. The average Bonchev–Trinajstić information content (AvgIpc) is 2.35. The summed E-state index contributed by atoms with van der Waals surface area (Å²) in [6.07, 6.45) is 0. The molecule has 0 aliphatic rings. The third-order valence-electron chi connectivity index (χ3n) is 2.45. The largest absolute Gasteiger partial charge is 0.347 e. The van der Waals surface area contributed by atoms with E-state index < -0.39 is 11.0 Å². The maximum absolute atomic E-state index is 11.2. The molecule has 0 atom stereocenters. The van der Waals surface area contributed by atoms with E-state index in [1.54, 1.807) is 20.8 Å². The highest BCUT2D eigenvalue weighted by molar-refractivity contribution is 5.74. The van der Waals surface area contributed by atoms with Gasteiger partial charge in [0.2, 0.25) is 0 Å². The van der Waals surface area contributed by atoms with Crippen LogP contribution < -0.4 is 0 Å². The Labute approximate surface area is 129 Å². The molecule has 1 aromatic rings. The molecule has 3 nitrogen and oxygen atoms in total. The normalized spacial score (nSPS) is 11.7. The second-order valence-electron chi connectivity index (χ2n) is 7.38. The zero-order valence-electron chi connectivity index (χ0n) is 14.7. The molecule has 0 radical (unpaired) electrons. The summed E-state index contributed by atoms with van der Waals surface area (Å²) in [6, 6.07) is 10.5. The molecule has 1 rings (SSSR count). The predicted octanol–water partition coefficient (Wildman–Crippen LogP) is 5.12. The lowest BCUT2D eigenvalue weighted by atomic mass is 9.98. The summed E-state index contributed by atoms with van der Waals surface area (Å²) in [4.78, 5) is 20.7. The van der Waals surface area contributed by atoms with Crippen molar-refractivity contribution >= 4 is 5.97 Å².